The van der Waals surface area contributed by atoms with Gasteiger partial charge in [-0.25, -0.2) is 0 Å². The van der Waals surface area contributed by atoms with Crippen molar-refractivity contribution in [2.75, 3.05) is 18.6 Å². The number of benzene rings is 1. The van der Waals surface area contributed by atoms with E-state index in [2.05, 4.69) is 10.1 Å². The van der Waals surface area contributed by atoms with Gasteiger partial charge in [0.25, 0.3) is 0 Å². The molecule has 6 heteroatoms. The number of hydrogen-bond acceptors (Lipinski definition) is 6. The van der Waals surface area contributed by atoms with Gasteiger partial charge in [-0.3, -0.25) is 4.79 Å². The van der Waals surface area contributed by atoms with E-state index in [1.54, 1.807) is 18.9 Å². The van der Waals surface area contributed by atoms with Crippen LogP contribution >= 0.6 is 11.8 Å². The third kappa shape index (κ3) is 2.23. The lowest BCUT2D eigenvalue weighted by Gasteiger charge is -2.03. The third-order valence-electron chi connectivity index (χ3n) is 3.01. The Bertz CT molecular complexity index is 611. The molecule has 0 amide bonds. The molecule has 1 atom stereocenters. The van der Waals surface area contributed by atoms with Crippen molar-refractivity contribution >= 4 is 17.5 Å². The number of methoxy groups -OCH3 is 1. The first kappa shape index (κ1) is 12.2. The number of ketones is 1. The first-order chi connectivity index (χ1) is 9.29. The highest BCUT2D eigenvalue weighted by molar-refractivity contribution is 8.00. The van der Waals surface area contributed by atoms with E-state index in [4.69, 9.17) is 9.26 Å². The zero-order chi connectivity index (χ0) is 13.2. The number of Topliss-reactive ketones (excluding diaryl/α,β-unsaturated/α-hetero) is 1. The van der Waals surface area contributed by atoms with Crippen molar-refractivity contribution in [3.05, 3.63) is 30.2 Å². The minimum atomic E-state index is -0.263. The summed E-state index contributed by atoms with van der Waals surface area (Å²) in [5.41, 5.74) is 0.762. The molecule has 2 heterocycles. The number of thioether (sulfide) groups is 1. The van der Waals surface area contributed by atoms with Gasteiger partial charge in [0.2, 0.25) is 11.7 Å². The van der Waals surface area contributed by atoms with Crippen LogP contribution in [0.1, 0.15) is 11.8 Å². The predicted molar refractivity (Wildman–Crippen MR) is 71.4 cm³/mol. The monoisotopic (exact) mass is 276 g/mol. The molecule has 0 radical (unpaired) electrons. The largest absolute Gasteiger partial charge is 0.496 e. The predicted octanol–water partition coefficient (Wildman–Crippen LogP) is 2.14. The van der Waals surface area contributed by atoms with E-state index in [1.165, 1.54) is 0 Å². The van der Waals surface area contributed by atoms with Gasteiger partial charge in [-0.05, 0) is 12.1 Å². The maximum Gasteiger partial charge on any atom is 0.238 e. The van der Waals surface area contributed by atoms with Crippen molar-refractivity contribution in [1.82, 2.24) is 10.1 Å². The molecule has 2 aromatic rings. The van der Waals surface area contributed by atoms with E-state index in [1.807, 2.05) is 24.3 Å². The summed E-state index contributed by atoms with van der Waals surface area (Å²) >= 11 is 1.60. The molecule has 1 aliphatic rings. The van der Waals surface area contributed by atoms with Crippen molar-refractivity contribution in [2.45, 2.75) is 5.92 Å². The minimum absolute atomic E-state index is 0.153. The average Bonchev–Trinajstić information content (AvgIpc) is 3.07. The molecule has 0 aliphatic carbocycles. The summed E-state index contributed by atoms with van der Waals surface area (Å²) in [6.07, 6.45) is 0. The smallest absolute Gasteiger partial charge is 0.238 e. The fourth-order valence-electron chi connectivity index (χ4n) is 2.00. The third-order valence-corrected chi connectivity index (χ3v) is 4.06. The van der Waals surface area contributed by atoms with Crippen LogP contribution in [0.2, 0.25) is 0 Å². The van der Waals surface area contributed by atoms with Crippen LogP contribution < -0.4 is 4.74 Å². The van der Waals surface area contributed by atoms with E-state index in [-0.39, 0.29) is 11.7 Å². The normalized spacial score (nSPS) is 18.8. The standard InChI is InChI=1S/C13H12N2O3S/c1-17-11-5-3-2-4-8(11)12-14-13(18-15-12)9-6-19-7-10(9)16/h2-5,9H,6-7H2,1H3. The molecule has 1 unspecified atom stereocenters. The topological polar surface area (TPSA) is 65.2 Å². The van der Waals surface area contributed by atoms with Crippen LogP contribution in [-0.4, -0.2) is 34.5 Å². The number of ether oxygens (including phenoxy) is 1. The highest BCUT2D eigenvalue weighted by atomic mass is 32.2. The Morgan fingerprint density at radius 3 is 3.00 bits per heavy atom. The van der Waals surface area contributed by atoms with E-state index in [0.29, 0.717) is 29.0 Å². The van der Waals surface area contributed by atoms with Gasteiger partial charge in [-0.15, -0.1) is 0 Å². The Hall–Kier alpha value is -1.82. The van der Waals surface area contributed by atoms with Crippen LogP contribution in [0.25, 0.3) is 11.4 Å². The Balaban J connectivity index is 1.95. The number of aromatic nitrogens is 2. The Kier molecular flexibility index (Phi) is 3.25. The Morgan fingerprint density at radius 1 is 1.42 bits per heavy atom. The van der Waals surface area contributed by atoms with Crippen LogP contribution in [0.3, 0.4) is 0 Å². The number of carbonyl (C=O) groups excluding carboxylic acids is 1. The molecule has 1 fully saturated rings. The summed E-state index contributed by atoms with van der Waals surface area (Å²) in [7, 11) is 1.59. The molecule has 19 heavy (non-hydrogen) atoms. The summed E-state index contributed by atoms with van der Waals surface area (Å²) < 4.78 is 10.5. The SMILES string of the molecule is COc1ccccc1-c1noc(C2CSCC2=O)n1. The quantitative estimate of drug-likeness (QED) is 0.855. The summed E-state index contributed by atoms with van der Waals surface area (Å²) in [5, 5.41) is 3.95. The van der Waals surface area contributed by atoms with Gasteiger partial charge in [0.1, 0.15) is 11.7 Å². The Labute approximate surface area is 114 Å². The Morgan fingerprint density at radius 2 is 2.26 bits per heavy atom. The maximum absolute atomic E-state index is 11.7. The molecule has 0 spiro atoms. The lowest BCUT2D eigenvalue weighted by atomic mass is 10.1. The number of hydrogen-bond donors (Lipinski definition) is 0. The van der Waals surface area contributed by atoms with Gasteiger partial charge in [0.15, 0.2) is 5.78 Å². The highest BCUT2D eigenvalue weighted by Gasteiger charge is 2.31. The first-order valence-corrected chi connectivity index (χ1v) is 7.02. The molecule has 1 aromatic carbocycles. The van der Waals surface area contributed by atoms with E-state index < -0.39 is 0 Å². The van der Waals surface area contributed by atoms with Crippen LogP contribution in [0.4, 0.5) is 0 Å². The molecule has 1 saturated heterocycles. The zero-order valence-corrected chi connectivity index (χ0v) is 11.1. The lowest BCUT2D eigenvalue weighted by molar-refractivity contribution is -0.117. The van der Waals surface area contributed by atoms with Gasteiger partial charge in [-0.1, -0.05) is 17.3 Å². The van der Waals surface area contributed by atoms with Crippen LogP contribution in [0.15, 0.2) is 28.8 Å². The molecule has 98 valence electrons. The van der Waals surface area contributed by atoms with Gasteiger partial charge in [-0.2, -0.15) is 16.7 Å². The van der Waals surface area contributed by atoms with Crippen LogP contribution in [0.5, 0.6) is 5.75 Å². The van der Waals surface area contributed by atoms with Crippen LogP contribution in [-0.2, 0) is 4.79 Å². The zero-order valence-electron chi connectivity index (χ0n) is 10.3. The number of rotatable bonds is 3. The summed E-state index contributed by atoms with van der Waals surface area (Å²) in [6, 6.07) is 7.45. The van der Waals surface area contributed by atoms with Crippen LogP contribution in [0, 0.1) is 0 Å². The molecular weight excluding hydrogens is 264 g/mol. The second-order valence-electron chi connectivity index (χ2n) is 4.19. The summed E-state index contributed by atoms with van der Waals surface area (Å²) in [5.74, 6) is 2.67. The molecule has 1 aliphatic heterocycles. The molecule has 0 N–H and O–H groups in total. The van der Waals surface area contributed by atoms with Crippen molar-refractivity contribution in [3.63, 3.8) is 0 Å². The van der Waals surface area contributed by atoms with Gasteiger partial charge >= 0.3 is 0 Å². The summed E-state index contributed by atoms with van der Waals surface area (Å²) in [6.45, 7) is 0. The first-order valence-electron chi connectivity index (χ1n) is 5.87. The molecule has 0 bridgehead atoms. The maximum atomic E-state index is 11.7. The van der Waals surface area contributed by atoms with Crippen molar-refractivity contribution < 1.29 is 14.1 Å². The van der Waals surface area contributed by atoms with Gasteiger partial charge in [0, 0.05) is 5.75 Å². The van der Waals surface area contributed by atoms with E-state index >= 15 is 0 Å². The van der Waals surface area contributed by atoms with Gasteiger partial charge < -0.3 is 9.26 Å². The highest BCUT2D eigenvalue weighted by Crippen LogP contribution is 2.32. The molecule has 5 nitrogen and oxygen atoms in total. The van der Waals surface area contributed by atoms with Crippen molar-refractivity contribution in [1.29, 1.82) is 0 Å². The second kappa shape index (κ2) is 5.05. The molecule has 0 saturated carbocycles. The fourth-order valence-corrected chi connectivity index (χ4v) is 3.08. The van der Waals surface area contributed by atoms with E-state index in [9.17, 15) is 4.79 Å². The van der Waals surface area contributed by atoms with Gasteiger partial charge in [0.05, 0.1) is 18.4 Å². The number of para-hydroxylation sites is 1. The minimum Gasteiger partial charge on any atom is -0.496 e. The van der Waals surface area contributed by atoms with Crippen molar-refractivity contribution in [2.24, 2.45) is 0 Å². The summed E-state index contributed by atoms with van der Waals surface area (Å²) in [4.78, 5) is 16.0. The molecule has 3 rings (SSSR count). The second-order valence-corrected chi connectivity index (χ2v) is 5.22. The lowest BCUT2D eigenvalue weighted by Crippen LogP contribution is -2.09. The average molecular weight is 276 g/mol. The number of nitrogens with zero attached hydrogens (tertiary/aromatic N) is 2. The number of carbonyl (C=O) groups is 1. The van der Waals surface area contributed by atoms with E-state index in [0.717, 1.165) is 5.56 Å². The molecular formula is C13H12N2O3S. The molecule has 1 aromatic heterocycles. The fraction of sp³-hybridized carbons (Fsp3) is 0.308. The van der Waals surface area contributed by atoms with Crippen molar-refractivity contribution in [3.8, 4) is 17.1 Å².